The van der Waals surface area contributed by atoms with Gasteiger partial charge in [0.2, 0.25) is 0 Å². The maximum Gasteiger partial charge on any atom is 0.311 e. The third-order valence-corrected chi connectivity index (χ3v) is 11.8. The standard InChI is InChI=1S/C48H94N2O4/c1-7-9-11-13-15-17-19-21-23-25-27-29-31-33-35-37-41-49(3,43-39-47(51)53-5)45-46-50(4,44-40-48(52)54-6)42-38-36-34-32-30-28-26-24-22-20-18-16-14-12-10-8-2/h21-24H,7-20,25-46H2,1-6H3/q+2/b23-21-,24-22-. The highest BCUT2D eigenvalue weighted by molar-refractivity contribution is 5.69. The highest BCUT2D eigenvalue weighted by Crippen LogP contribution is 2.17. The number of quaternary nitrogens is 2. The zero-order chi connectivity index (χ0) is 39.9. The van der Waals surface area contributed by atoms with Crippen LogP contribution in [-0.4, -0.2) is 88.5 Å². The number of hydrogen-bond donors (Lipinski definition) is 0. The Labute approximate surface area is 337 Å². The topological polar surface area (TPSA) is 52.6 Å². The molecule has 0 N–H and O–H groups in total. The fraction of sp³-hybridized carbons (Fsp3) is 0.875. The van der Waals surface area contributed by atoms with E-state index in [1.807, 2.05) is 0 Å². The van der Waals surface area contributed by atoms with Crippen LogP contribution in [0.3, 0.4) is 0 Å². The van der Waals surface area contributed by atoms with Crippen molar-refractivity contribution in [3.8, 4) is 0 Å². The molecule has 0 bridgehead atoms. The number of likely N-dealkylation sites (N-methyl/N-ethyl adjacent to an activating group) is 2. The summed E-state index contributed by atoms with van der Waals surface area (Å²) >= 11 is 0. The normalized spacial score (nSPS) is 14.1. The van der Waals surface area contributed by atoms with Crippen LogP contribution in [-0.2, 0) is 19.1 Å². The molecule has 0 aromatic heterocycles. The molecule has 0 heterocycles. The van der Waals surface area contributed by atoms with Gasteiger partial charge in [-0.15, -0.1) is 0 Å². The smallest absolute Gasteiger partial charge is 0.311 e. The minimum Gasteiger partial charge on any atom is -0.469 e. The summed E-state index contributed by atoms with van der Waals surface area (Å²) in [6.07, 6.45) is 47.4. The summed E-state index contributed by atoms with van der Waals surface area (Å²) in [6, 6.07) is 0. The van der Waals surface area contributed by atoms with Crippen molar-refractivity contribution in [2.45, 2.75) is 206 Å². The molecule has 0 aromatic rings. The Morgan fingerprint density at radius 1 is 0.370 bits per heavy atom. The van der Waals surface area contributed by atoms with Crippen LogP contribution in [0.2, 0.25) is 0 Å². The summed E-state index contributed by atoms with van der Waals surface area (Å²) in [5, 5.41) is 0. The van der Waals surface area contributed by atoms with Crippen molar-refractivity contribution in [1.29, 1.82) is 0 Å². The van der Waals surface area contributed by atoms with Crippen molar-refractivity contribution in [3.05, 3.63) is 24.3 Å². The molecular formula is C48H94N2O4+2. The van der Waals surface area contributed by atoms with Gasteiger partial charge in [0, 0.05) is 0 Å². The summed E-state index contributed by atoms with van der Waals surface area (Å²) in [6.45, 7) is 10.4. The minimum absolute atomic E-state index is 0.118. The van der Waals surface area contributed by atoms with Crippen LogP contribution in [0.25, 0.3) is 0 Å². The Hall–Kier alpha value is -1.66. The van der Waals surface area contributed by atoms with Crippen LogP contribution in [0, 0.1) is 0 Å². The van der Waals surface area contributed by atoms with Gasteiger partial charge in [-0.3, -0.25) is 9.59 Å². The van der Waals surface area contributed by atoms with Gasteiger partial charge in [-0.2, -0.15) is 0 Å². The Morgan fingerprint density at radius 2 is 0.630 bits per heavy atom. The molecule has 6 heteroatoms. The van der Waals surface area contributed by atoms with Crippen LogP contribution >= 0.6 is 0 Å². The van der Waals surface area contributed by atoms with Gasteiger partial charge in [0.15, 0.2) is 0 Å². The predicted molar refractivity (Wildman–Crippen MR) is 234 cm³/mol. The third-order valence-electron chi connectivity index (χ3n) is 11.8. The van der Waals surface area contributed by atoms with Gasteiger partial charge in [-0.1, -0.05) is 141 Å². The molecule has 0 aliphatic heterocycles. The lowest BCUT2D eigenvalue weighted by molar-refractivity contribution is -0.963. The second kappa shape index (κ2) is 38.2. The Balaban J connectivity index is 4.58. The summed E-state index contributed by atoms with van der Waals surface area (Å²) in [7, 11) is 7.64. The molecule has 2 atom stereocenters. The van der Waals surface area contributed by atoms with Gasteiger partial charge in [-0.05, 0) is 77.0 Å². The van der Waals surface area contributed by atoms with Gasteiger partial charge in [0.05, 0.1) is 67.3 Å². The maximum absolute atomic E-state index is 12.2. The van der Waals surface area contributed by atoms with Gasteiger partial charge in [-0.25, -0.2) is 0 Å². The minimum atomic E-state index is -0.118. The molecule has 54 heavy (non-hydrogen) atoms. The number of methoxy groups -OCH3 is 2. The fourth-order valence-corrected chi connectivity index (χ4v) is 7.56. The molecule has 0 saturated carbocycles. The van der Waals surface area contributed by atoms with Crippen LogP contribution in [0.4, 0.5) is 0 Å². The Morgan fingerprint density at radius 3 is 0.907 bits per heavy atom. The molecule has 318 valence electrons. The molecule has 0 rings (SSSR count). The van der Waals surface area contributed by atoms with E-state index in [1.54, 1.807) is 0 Å². The second-order valence-electron chi connectivity index (χ2n) is 17.1. The van der Waals surface area contributed by atoms with Gasteiger partial charge in [0.25, 0.3) is 0 Å². The summed E-state index contributed by atoms with van der Waals surface area (Å²) in [5.41, 5.74) is 0. The molecule has 0 amide bonds. The molecule has 0 radical (unpaired) electrons. The molecule has 0 aromatic carbocycles. The zero-order valence-electron chi connectivity index (χ0n) is 37.3. The first kappa shape index (κ1) is 52.3. The molecule has 6 nitrogen and oxygen atoms in total. The van der Waals surface area contributed by atoms with E-state index < -0.39 is 0 Å². The number of ether oxygens (including phenoxy) is 2. The van der Waals surface area contributed by atoms with E-state index in [-0.39, 0.29) is 11.9 Å². The number of esters is 2. The van der Waals surface area contributed by atoms with E-state index in [0.29, 0.717) is 12.8 Å². The first-order chi connectivity index (χ1) is 26.2. The van der Waals surface area contributed by atoms with Gasteiger partial charge in [0.1, 0.15) is 13.1 Å². The fourth-order valence-electron chi connectivity index (χ4n) is 7.56. The lowest BCUT2D eigenvalue weighted by Gasteiger charge is -2.40. The summed E-state index contributed by atoms with van der Waals surface area (Å²) < 4.78 is 11.8. The highest BCUT2D eigenvalue weighted by Gasteiger charge is 2.30. The van der Waals surface area contributed by atoms with Crippen molar-refractivity contribution < 1.29 is 28.0 Å². The Kier molecular flexibility index (Phi) is 37.1. The van der Waals surface area contributed by atoms with E-state index in [4.69, 9.17) is 9.47 Å². The van der Waals surface area contributed by atoms with Crippen molar-refractivity contribution >= 4 is 11.9 Å². The van der Waals surface area contributed by atoms with Crippen molar-refractivity contribution in [2.75, 3.05) is 67.6 Å². The van der Waals surface area contributed by atoms with E-state index >= 15 is 0 Å². The monoisotopic (exact) mass is 763 g/mol. The molecule has 2 unspecified atom stereocenters. The lowest BCUT2D eigenvalue weighted by Crippen LogP contribution is -2.56. The number of rotatable bonds is 41. The van der Waals surface area contributed by atoms with Crippen LogP contribution < -0.4 is 0 Å². The van der Waals surface area contributed by atoms with Crippen LogP contribution in [0.1, 0.15) is 206 Å². The van der Waals surface area contributed by atoms with Gasteiger partial charge >= 0.3 is 11.9 Å². The van der Waals surface area contributed by atoms with E-state index in [2.05, 4.69) is 52.2 Å². The molecule has 0 aliphatic carbocycles. The first-order valence-corrected chi connectivity index (χ1v) is 23.3. The third kappa shape index (κ3) is 34.8. The average molecular weight is 763 g/mol. The molecule has 0 aliphatic rings. The van der Waals surface area contributed by atoms with Gasteiger partial charge < -0.3 is 18.4 Å². The molecule has 0 saturated heterocycles. The summed E-state index contributed by atoms with van der Waals surface area (Å²) in [5.74, 6) is -0.236. The maximum atomic E-state index is 12.2. The second-order valence-corrected chi connectivity index (χ2v) is 17.1. The SMILES string of the molecule is CCCCCCCC/C=C\CCCCCCCC[N+](C)(CCC(=O)OC)CC[N+](C)(CCCCCCCC/C=C\CCCCCCCC)CCC(=O)OC. The summed E-state index contributed by atoms with van der Waals surface area (Å²) in [4.78, 5) is 24.3. The van der Waals surface area contributed by atoms with E-state index in [9.17, 15) is 9.59 Å². The zero-order valence-corrected chi connectivity index (χ0v) is 37.3. The Bertz CT molecular complexity index is 833. The highest BCUT2D eigenvalue weighted by atomic mass is 16.5. The number of nitrogens with zero attached hydrogens (tertiary/aromatic N) is 2. The van der Waals surface area contributed by atoms with Crippen LogP contribution in [0.5, 0.6) is 0 Å². The lowest BCUT2D eigenvalue weighted by atomic mass is 10.1. The van der Waals surface area contributed by atoms with Crippen molar-refractivity contribution in [3.63, 3.8) is 0 Å². The van der Waals surface area contributed by atoms with Crippen molar-refractivity contribution in [2.24, 2.45) is 0 Å². The van der Waals surface area contributed by atoms with E-state index in [1.165, 1.54) is 194 Å². The molecule has 0 spiro atoms. The number of carbonyl (C=O) groups excluding carboxylic acids is 2. The molecule has 0 fully saturated rings. The predicted octanol–water partition coefficient (Wildman–Crippen LogP) is 13.1. The van der Waals surface area contributed by atoms with Crippen molar-refractivity contribution in [1.82, 2.24) is 0 Å². The van der Waals surface area contributed by atoms with E-state index in [0.717, 1.165) is 48.2 Å². The number of unbranched alkanes of at least 4 members (excludes halogenated alkanes) is 24. The largest absolute Gasteiger partial charge is 0.469 e. The average Bonchev–Trinajstić information content (AvgIpc) is 3.18. The number of allylic oxidation sites excluding steroid dienone is 4. The quantitative estimate of drug-likeness (QED) is 0.0269. The number of carbonyl (C=O) groups is 2. The number of hydrogen-bond acceptors (Lipinski definition) is 4. The first-order valence-electron chi connectivity index (χ1n) is 23.3. The van der Waals surface area contributed by atoms with Crippen LogP contribution in [0.15, 0.2) is 24.3 Å². The molecular weight excluding hydrogens is 669 g/mol.